The molecule has 0 radical (unpaired) electrons. The van der Waals surface area contributed by atoms with Crippen molar-refractivity contribution in [1.29, 1.82) is 0 Å². The fourth-order valence-corrected chi connectivity index (χ4v) is 2.56. The molecule has 0 saturated heterocycles. The molecule has 0 aliphatic carbocycles. The third-order valence-electron chi connectivity index (χ3n) is 3.84. The maximum atomic E-state index is 14.2. The number of primary amides is 1. The van der Waals surface area contributed by atoms with Gasteiger partial charge in [0.2, 0.25) is 0 Å². The largest absolute Gasteiger partial charge is 0.484 e. The average Bonchev–Trinajstić information content (AvgIpc) is 2.74. The first-order valence-corrected chi connectivity index (χ1v) is 9.30. The first kappa shape index (κ1) is 22.5. The Labute approximate surface area is 173 Å². The summed E-state index contributed by atoms with van der Waals surface area (Å²) in [5.41, 5.74) is 6.21. The van der Waals surface area contributed by atoms with Gasteiger partial charge in [-0.15, -0.1) is 0 Å². The van der Waals surface area contributed by atoms with E-state index in [1.165, 1.54) is 36.4 Å². The molecule has 0 aromatic heterocycles. The van der Waals surface area contributed by atoms with Crippen molar-refractivity contribution in [2.24, 2.45) is 5.73 Å². The van der Waals surface area contributed by atoms with E-state index in [9.17, 15) is 18.4 Å². The molecule has 2 amide bonds. The summed E-state index contributed by atoms with van der Waals surface area (Å²) in [5, 5.41) is 2.57. The molecule has 3 aromatic rings. The Morgan fingerprint density at radius 1 is 0.933 bits per heavy atom. The molecule has 3 aromatic carbocycles. The molecule has 0 spiro atoms. The van der Waals surface area contributed by atoms with E-state index >= 15 is 0 Å². The van der Waals surface area contributed by atoms with Gasteiger partial charge in [-0.1, -0.05) is 38.1 Å². The summed E-state index contributed by atoms with van der Waals surface area (Å²) in [7, 11) is 0. The first-order chi connectivity index (χ1) is 14.4. The molecule has 7 heteroatoms. The van der Waals surface area contributed by atoms with Crippen LogP contribution in [0.3, 0.4) is 0 Å². The SMILES string of the molecule is CC.NC(=O)COc1cccc(NC(=O)c2cc(-c3cccc(F)c3)ccc2F)c1. The zero-order valence-electron chi connectivity index (χ0n) is 16.6. The summed E-state index contributed by atoms with van der Waals surface area (Å²) < 4.78 is 32.8. The Morgan fingerprint density at radius 2 is 1.63 bits per heavy atom. The van der Waals surface area contributed by atoms with Crippen molar-refractivity contribution in [3.05, 3.63) is 83.9 Å². The molecule has 0 atom stereocenters. The number of carbonyl (C=O) groups is 2. The van der Waals surface area contributed by atoms with Gasteiger partial charge in [-0.05, 0) is 47.5 Å². The Balaban J connectivity index is 0.00000155. The van der Waals surface area contributed by atoms with Crippen LogP contribution in [0.1, 0.15) is 24.2 Å². The van der Waals surface area contributed by atoms with Crippen LogP contribution in [0.2, 0.25) is 0 Å². The summed E-state index contributed by atoms with van der Waals surface area (Å²) >= 11 is 0. The summed E-state index contributed by atoms with van der Waals surface area (Å²) in [6.07, 6.45) is 0. The number of nitrogens with two attached hydrogens (primary N) is 1. The summed E-state index contributed by atoms with van der Waals surface area (Å²) in [6.45, 7) is 3.70. The van der Waals surface area contributed by atoms with Gasteiger partial charge in [-0.2, -0.15) is 0 Å². The number of carbonyl (C=O) groups excluding carboxylic acids is 2. The van der Waals surface area contributed by atoms with E-state index in [0.29, 0.717) is 22.6 Å². The lowest BCUT2D eigenvalue weighted by Crippen LogP contribution is -2.20. The molecule has 0 fully saturated rings. The van der Waals surface area contributed by atoms with Gasteiger partial charge in [0.25, 0.3) is 11.8 Å². The predicted molar refractivity (Wildman–Crippen MR) is 112 cm³/mol. The van der Waals surface area contributed by atoms with Crippen LogP contribution < -0.4 is 15.8 Å². The minimum absolute atomic E-state index is 0.190. The van der Waals surface area contributed by atoms with Crippen molar-refractivity contribution in [2.45, 2.75) is 13.8 Å². The van der Waals surface area contributed by atoms with E-state index < -0.39 is 23.4 Å². The molecule has 3 rings (SSSR count). The van der Waals surface area contributed by atoms with Gasteiger partial charge in [-0.3, -0.25) is 9.59 Å². The van der Waals surface area contributed by atoms with E-state index in [1.54, 1.807) is 24.3 Å². The maximum absolute atomic E-state index is 14.2. The van der Waals surface area contributed by atoms with Crippen LogP contribution in [0, 0.1) is 11.6 Å². The van der Waals surface area contributed by atoms with E-state index in [1.807, 2.05) is 13.8 Å². The Kier molecular flexibility index (Phi) is 8.05. The van der Waals surface area contributed by atoms with Gasteiger partial charge in [0.1, 0.15) is 17.4 Å². The van der Waals surface area contributed by atoms with Crippen molar-refractivity contribution in [1.82, 2.24) is 0 Å². The lowest BCUT2D eigenvalue weighted by molar-refractivity contribution is -0.119. The third kappa shape index (κ3) is 6.13. The highest BCUT2D eigenvalue weighted by atomic mass is 19.1. The fourth-order valence-electron chi connectivity index (χ4n) is 2.56. The topological polar surface area (TPSA) is 81.4 Å². The van der Waals surface area contributed by atoms with E-state index in [4.69, 9.17) is 10.5 Å². The molecular weight excluding hydrogens is 390 g/mol. The van der Waals surface area contributed by atoms with Crippen molar-refractivity contribution in [3.63, 3.8) is 0 Å². The van der Waals surface area contributed by atoms with Gasteiger partial charge in [-0.25, -0.2) is 8.78 Å². The highest BCUT2D eigenvalue weighted by Crippen LogP contribution is 2.24. The molecule has 0 bridgehead atoms. The lowest BCUT2D eigenvalue weighted by atomic mass is 10.0. The molecule has 0 aliphatic rings. The molecule has 3 N–H and O–H groups in total. The maximum Gasteiger partial charge on any atom is 0.258 e. The minimum Gasteiger partial charge on any atom is -0.484 e. The van der Waals surface area contributed by atoms with Crippen molar-refractivity contribution < 1.29 is 23.1 Å². The number of amides is 2. The second kappa shape index (κ2) is 10.7. The van der Waals surface area contributed by atoms with Crippen LogP contribution in [-0.2, 0) is 4.79 Å². The van der Waals surface area contributed by atoms with Gasteiger partial charge < -0.3 is 15.8 Å². The summed E-state index contributed by atoms with van der Waals surface area (Å²) in [5.74, 6) is -2.13. The van der Waals surface area contributed by atoms with Gasteiger partial charge >= 0.3 is 0 Å². The van der Waals surface area contributed by atoms with Gasteiger partial charge in [0.15, 0.2) is 6.61 Å². The van der Waals surface area contributed by atoms with Crippen molar-refractivity contribution >= 4 is 17.5 Å². The lowest BCUT2D eigenvalue weighted by Gasteiger charge is -2.10. The predicted octanol–water partition coefficient (Wildman–Crippen LogP) is 4.77. The number of rotatable bonds is 6. The quantitative estimate of drug-likeness (QED) is 0.612. The van der Waals surface area contributed by atoms with Gasteiger partial charge in [0.05, 0.1) is 5.56 Å². The Morgan fingerprint density at radius 3 is 2.33 bits per heavy atom. The monoisotopic (exact) mass is 412 g/mol. The fraction of sp³-hybridized carbons (Fsp3) is 0.130. The van der Waals surface area contributed by atoms with Crippen LogP contribution in [0.4, 0.5) is 14.5 Å². The standard InChI is InChI=1S/C21H16F2N2O3.C2H6/c22-15-4-1-3-13(9-15)14-7-8-19(23)18(10-14)21(27)25-16-5-2-6-17(11-16)28-12-20(24)26;1-2/h1-11H,12H2,(H2,24,26)(H,25,27);1-2H3. The average molecular weight is 412 g/mol. The van der Waals surface area contributed by atoms with Crippen LogP contribution in [0.5, 0.6) is 5.75 Å². The van der Waals surface area contributed by atoms with E-state index in [2.05, 4.69) is 5.32 Å². The molecule has 0 unspecified atom stereocenters. The van der Waals surface area contributed by atoms with Crippen LogP contribution in [0.25, 0.3) is 11.1 Å². The van der Waals surface area contributed by atoms with E-state index in [-0.39, 0.29) is 12.2 Å². The van der Waals surface area contributed by atoms with Crippen LogP contribution in [-0.4, -0.2) is 18.4 Å². The molecule has 0 heterocycles. The molecule has 0 saturated carbocycles. The highest BCUT2D eigenvalue weighted by molar-refractivity contribution is 6.05. The second-order valence-corrected chi connectivity index (χ2v) is 5.94. The zero-order valence-corrected chi connectivity index (χ0v) is 16.6. The minimum atomic E-state index is -0.709. The van der Waals surface area contributed by atoms with Crippen LogP contribution in [0.15, 0.2) is 66.7 Å². The molecule has 156 valence electrons. The highest BCUT2D eigenvalue weighted by Gasteiger charge is 2.14. The molecule has 0 aliphatic heterocycles. The number of benzene rings is 3. The zero-order chi connectivity index (χ0) is 22.1. The number of hydrogen-bond acceptors (Lipinski definition) is 3. The summed E-state index contributed by atoms with van der Waals surface area (Å²) in [4.78, 5) is 23.3. The Hall–Kier alpha value is -3.74. The summed E-state index contributed by atoms with van der Waals surface area (Å²) in [6, 6.07) is 16.0. The number of halogens is 2. The van der Waals surface area contributed by atoms with Crippen molar-refractivity contribution in [3.8, 4) is 16.9 Å². The first-order valence-electron chi connectivity index (χ1n) is 9.30. The number of anilines is 1. The number of nitrogens with one attached hydrogen (secondary N) is 1. The molecule has 5 nitrogen and oxygen atoms in total. The number of hydrogen-bond donors (Lipinski definition) is 2. The normalized spacial score (nSPS) is 9.87. The van der Waals surface area contributed by atoms with Crippen LogP contribution >= 0.6 is 0 Å². The van der Waals surface area contributed by atoms with Gasteiger partial charge in [0, 0.05) is 11.8 Å². The smallest absolute Gasteiger partial charge is 0.258 e. The third-order valence-corrected chi connectivity index (χ3v) is 3.84. The molecular formula is C23H22F2N2O3. The number of ether oxygens (including phenoxy) is 1. The van der Waals surface area contributed by atoms with E-state index in [0.717, 1.165) is 6.07 Å². The van der Waals surface area contributed by atoms with Crippen molar-refractivity contribution in [2.75, 3.05) is 11.9 Å². The molecule has 30 heavy (non-hydrogen) atoms. The second-order valence-electron chi connectivity index (χ2n) is 5.94. The Bertz CT molecular complexity index is 1040.